The van der Waals surface area contributed by atoms with Gasteiger partial charge >= 0.3 is 0 Å². The minimum absolute atomic E-state index is 0.175. The summed E-state index contributed by atoms with van der Waals surface area (Å²) in [7, 11) is -1.78. The quantitative estimate of drug-likeness (QED) is 0.810. The number of hydrogen-bond donors (Lipinski definition) is 2. The second-order valence-corrected chi connectivity index (χ2v) is 6.19. The number of nitrogen functional groups attached to an aromatic ring is 1. The van der Waals surface area contributed by atoms with Gasteiger partial charge in [0, 0.05) is 31.0 Å². The van der Waals surface area contributed by atoms with Crippen LogP contribution in [0.3, 0.4) is 0 Å². The summed E-state index contributed by atoms with van der Waals surface area (Å²) in [6, 6.07) is 4.75. The Bertz CT molecular complexity index is 671. The van der Waals surface area contributed by atoms with Crippen molar-refractivity contribution in [3.8, 4) is 0 Å². The van der Waals surface area contributed by atoms with Crippen molar-refractivity contribution in [1.29, 1.82) is 0 Å². The molecule has 102 valence electrons. The number of anilines is 1. The van der Waals surface area contributed by atoms with Gasteiger partial charge in [-0.05, 0) is 30.7 Å². The fourth-order valence-corrected chi connectivity index (χ4v) is 2.91. The maximum absolute atomic E-state index is 12.1. The van der Waals surface area contributed by atoms with Crippen LogP contribution in [0.5, 0.6) is 0 Å². The number of nitrogens with two attached hydrogens (primary N) is 1. The summed E-state index contributed by atoms with van der Waals surface area (Å²) in [4.78, 5) is 0.175. The summed E-state index contributed by atoms with van der Waals surface area (Å²) in [5.74, 6) is 0. The largest absolute Gasteiger partial charge is 0.399 e. The minimum Gasteiger partial charge on any atom is -0.399 e. The van der Waals surface area contributed by atoms with Gasteiger partial charge in [-0.25, -0.2) is 13.1 Å². The highest BCUT2D eigenvalue weighted by atomic mass is 32.2. The van der Waals surface area contributed by atoms with Gasteiger partial charge in [0.2, 0.25) is 10.0 Å². The molecular weight excluding hydrogens is 264 g/mol. The monoisotopic (exact) mass is 280 g/mol. The topological polar surface area (TPSA) is 90.0 Å². The van der Waals surface area contributed by atoms with Gasteiger partial charge in [0.05, 0.1) is 11.1 Å². The predicted molar refractivity (Wildman–Crippen MR) is 72.8 cm³/mol. The smallest absolute Gasteiger partial charge is 0.240 e. The molecule has 0 spiro atoms. The summed E-state index contributed by atoms with van der Waals surface area (Å²) in [6.07, 6.45) is 3.38. The van der Waals surface area contributed by atoms with Crippen LogP contribution in [0.4, 0.5) is 5.69 Å². The van der Waals surface area contributed by atoms with E-state index < -0.39 is 10.0 Å². The van der Waals surface area contributed by atoms with Crippen molar-refractivity contribution in [2.75, 3.05) is 5.73 Å². The summed E-state index contributed by atoms with van der Waals surface area (Å²) in [6.45, 7) is 2.00. The van der Waals surface area contributed by atoms with Gasteiger partial charge in [0.1, 0.15) is 0 Å². The van der Waals surface area contributed by atoms with Crippen LogP contribution in [0.1, 0.15) is 11.1 Å². The molecule has 0 atom stereocenters. The third-order valence-corrected chi connectivity index (χ3v) is 3.99. The first-order valence-electron chi connectivity index (χ1n) is 5.71. The number of nitrogens with one attached hydrogen (secondary N) is 1. The Morgan fingerprint density at radius 3 is 2.68 bits per heavy atom. The Labute approximate surface area is 112 Å². The molecule has 1 aromatic carbocycles. The van der Waals surface area contributed by atoms with Gasteiger partial charge in [-0.1, -0.05) is 0 Å². The van der Waals surface area contributed by atoms with E-state index in [0.29, 0.717) is 5.69 Å². The summed E-state index contributed by atoms with van der Waals surface area (Å²) < 4.78 is 28.4. The van der Waals surface area contributed by atoms with Crippen molar-refractivity contribution in [3.05, 3.63) is 41.7 Å². The Hall–Kier alpha value is -1.86. The van der Waals surface area contributed by atoms with Crippen molar-refractivity contribution in [3.63, 3.8) is 0 Å². The normalized spacial score (nSPS) is 11.7. The molecule has 2 aromatic rings. The van der Waals surface area contributed by atoms with Crippen LogP contribution in [-0.2, 0) is 23.6 Å². The van der Waals surface area contributed by atoms with Crippen LogP contribution < -0.4 is 10.5 Å². The van der Waals surface area contributed by atoms with Crippen molar-refractivity contribution < 1.29 is 8.42 Å². The molecule has 0 aliphatic carbocycles. The zero-order valence-corrected chi connectivity index (χ0v) is 11.6. The van der Waals surface area contributed by atoms with E-state index in [0.717, 1.165) is 11.1 Å². The number of benzene rings is 1. The molecule has 0 bridgehead atoms. The van der Waals surface area contributed by atoms with Gasteiger partial charge < -0.3 is 5.73 Å². The lowest BCUT2D eigenvalue weighted by Gasteiger charge is -2.07. The molecule has 0 saturated heterocycles. The SMILES string of the molecule is Cc1cc(N)cc(S(=O)(=O)NCc2cnn(C)c2)c1. The Morgan fingerprint density at radius 1 is 1.37 bits per heavy atom. The van der Waals surface area contributed by atoms with Gasteiger partial charge in [-0.15, -0.1) is 0 Å². The molecule has 0 aliphatic rings. The van der Waals surface area contributed by atoms with E-state index in [2.05, 4.69) is 9.82 Å². The zero-order chi connectivity index (χ0) is 14.0. The second-order valence-electron chi connectivity index (χ2n) is 4.43. The van der Waals surface area contributed by atoms with Gasteiger partial charge in [-0.3, -0.25) is 4.68 Å². The zero-order valence-electron chi connectivity index (χ0n) is 10.8. The molecule has 6 nitrogen and oxygen atoms in total. The van der Waals surface area contributed by atoms with Crippen LogP contribution in [0.25, 0.3) is 0 Å². The highest BCUT2D eigenvalue weighted by Crippen LogP contribution is 2.16. The number of nitrogens with zero attached hydrogens (tertiary/aromatic N) is 2. The van der Waals surface area contributed by atoms with Gasteiger partial charge in [-0.2, -0.15) is 5.10 Å². The Kier molecular flexibility index (Phi) is 3.59. The minimum atomic E-state index is -3.56. The average molecular weight is 280 g/mol. The lowest BCUT2D eigenvalue weighted by molar-refractivity contribution is 0.581. The molecule has 1 aromatic heterocycles. The van der Waals surface area contributed by atoms with E-state index in [1.54, 1.807) is 43.2 Å². The molecule has 0 amide bonds. The molecule has 7 heteroatoms. The molecule has 1 heterocycles. The fourth-order valence-electron chi connectivity index (χ4n) is 1.76. The Morgan fingerprint density at radius 2 is 2.11 bits per heavy atom. The van der Waals surface area contributed by atoms with Crippen LogP contribution in [0.2, 0.25) is 0 Å². The lowest BCUT2D eigenvalue weighted by Crippen LogP contribution is -2.23. The van der Waals surface area contributed by atoms with Crippen molar-refractivity contribution in [1.82, 2.24) is 14.5 Å². The number of rotatable bonds is 4. The van der Waals surface area contributed by atoms with Crippen LogP contribution in [0.15, 0.2) is 35.5 Å². The van der Waals surface area contributed by atoms with E-state index in [1.165, 1.54) is 6.07 Å². The first-order valence-corrected chi connectivity index (χ1v) is 7.19. The lowest BCUT2D eigenvalue weighted by atomic mass is 10.2. The van der Waals surface area contributed by atoms with E-state index >= 15 is 0 Å². The summed E-state index contributed by atoms with van der Waals surface area (Å²) in [5, 5.41) is 3.98. The number of hydrogen-bond acceptors (Lipinski definition) is 4. The summed E-state index contributed by atoms with van der Waals surface area (Å²) >= 11 is 0. The number of aryl methyl sites for hydroxylation is 2. The van der Waals surface area contributed by atoms with E-state index in [9.17, 15) is 8.42 Å². The molecule has 0 radical (unpaired) electrons. The predicted octanol–water partition coefficient (Wildman–Crippen LogP) is 0.789. The fraction of sp³-hybridized carbons (Fsp3) is 0.250. The third-order valence-electron chi connectivity index (χ3n) is 2.61. The standard InChI is InChI=1S/C12H16N4O2S/c1-9-3-11(13)5-12(4-9)19(17,18)15-7-10-6-14-16(2)8-10/h3-6,8,15H,7,13H2,1-2H3. The maximum Gasteiger partial charge on any atom is 0.240 e. The number of sulfonamides is 1. The number of aromatic nitrogens is 2. The van der Waals surface area contributed by atoms with Gasteiger partial charge in [0.25, 0.3) is 0 Å². The molecule has 0 fully saturated rings. The highest BCUT2D eigenvalue weighted by Gasteiger charge is 2.14. The van der Waals surface area contributed by atoms with Crippen molar-refractivity contribution >= 4 is 15.7 Å². The molecule has 2 rings (SSSR count). The first-order chi connectivity index (χ1) is 8.87. The van der Waals surface area contributed by atoms with E-state index in [-0.39, 0.29) is 11.4 Å². The molecule has 0 aliphatic heterocycles. The van der Waals surface area contributed by atoms with Crippen molar-refractivity contribution in [2.45, 2.75) is 18.4 Å². The van der Waals surface area contributed by atoms with Crippen LogP contribution in [0, 0.1) is 6.92 Å². The van der Waals surface area contributed by atoms with E-state index in [1.807, 2.05) is 0 Å². The van der Waals surface area contributed by atoms with Crippen molar-refractivity contribution in [2.24, 2.45) is 7.05 Å². The molecule has 0 unspecified atom stereocenters. The highest BCUT2D eigenvalue weighted by molar-refractivity contribution is 7.89. The maximum atomic E-state index is 12.1. The molecule has 19 heavy (non-hydrogen) atoms. The average Bonchev–Trinajstić information content (AvgIpc) is 2.71. The Balaban J connectivity index is 2.18. The van der Waals surface area contributed by atoms with Crippen LogP contribution >= 0.6 is 0 Å². The van der Waals surface area contributed by atoms with Crippen LogP contribution in [-0.4, -0.2) is 18.2 Å². The molecule has 0 saturated carbocycles. The third kappa shape index (κ3) is 3.33. The first kappa shape index (κ1) is 13.6. The molecule has 3 N–H and O–H groups in total. The van der Waals surface area contributed by atoms with E-state index in [4.69, 9.17) is 5.73 Å². The van der Waals surface area contributed by atoms with Gasteiger partial charge in [0.15, 0.2) is 0 Å². The summed E-state index contributed by atoms with van der Waals surface area (Å²) in [5.41, 5.74) is 7.70. The molecular formula is C12H16N4O2S. The second kappa shape index (κ2) is 5.02.